The molecule has 1 rings (SSSR count). The number of likely N-dealkylation sites (N-methyl/N-ethyl adjacent to an activating group) is 1. The molecule has 1 nitrogen and oxygen atoms in total. The predicted molar refractivity (Wildman–Crippen MR) is 48.5 cm³/mol. The molecule has 0 radical (unpaired) electrons. The van der Waals surface area contributed by atoms with E-state index in [4.69, 9.17) is 0 Å². The molecule has 1 aliphatic heterocycles. The SMILES string of the molecule is CCC1SCC=CC1NC. The minimum Gasteiger partial charge on any atom is -0.313 e. The Hall–Kier alpha value is 0.0500. The van der Waals surface area contributed by atoms with Crippen LogP contribution in [0.15, 0.2) is 12.2 Å². The van der Waals surface area contributed by atoms with Crippen molar-refractivity contribution in [3.63, 3.8) is 0 Å². The van der Waals surface area contributed by atoms with E-state index in [9.17, 15) is 0 Å². The third-order valence-corrected chi connectivity index (χ3v) is 3.33. The van der Waals surface area contributed by atoms with Gasteiger partial charge in [0.2, 0.25) is 0 Å². The van der Waals surface area contributed by atoms with Crippen LogP contribution in [0.2, 0.25) is 0 Å². The van der Waals surface area contributed by atoms with Gasteiger partial charge in [0.25, 0.3) is 0 Å². The van der Waals surface area contributed by atoms with Crippen LogP contribution in [0.4, 0.5) is 0 Å². The van der Waals surface area contributed by atoms with Crippen LogP contribution in [-0.2, 0) is 0 Å². The summed E-state index contributed by atoms with van der Waals surface area (Å²) >= 11 is 2.05. The van der Waals surface area contributed by atoms with Crippen molar-refractivity contribution in [2.75, 3.05) is 12.8 Å². The van der Waals surface area contributed by atoms with Crippen molar-refractivity contribution in [2.24, 2.45) is 0 Å². The van der Waals surface area contributed by atoms with E-state index >= 15 is 0 Å². The largest absolute Gasteiger partial charge is 0.313 e. The predicted octanol–water partition coefficient (Wildman–Crippen LogP) is 1.66. The lowest BCUT2D eigenvalue weighted by atomic mass is 10.1. The van der Waals surface area contributed by atoms with E-state index in [0.29, 0.717) is 6.04 Å². The number of thioether (sulfide) groups is 1. The third-order valence-electron chi connectivity index (χ3n) is 1.89. The molecule has 0 saturated carbocycles. The molecular formula is C8H15NS. The lowest BCUT2D eigenvalue weighted by Crippen LogP contribution is -2.35. The molecule has 2 heteroatoms. The zero-order chi connectivity index (χ0) is 7.40. The van der Waals surface area contributed by atoms with Crippen LogP contribution in [0.1, 0.15) is 13.3 Å². The summed E-state index contributed by atoms with van der Waals surface area (Å²) in [6, 6.07) is 0.601. The standard InChI is InChI=1S/C8H15NS/c1-3-8-7(9-2)5-4-6-10-8/h4-5,7-9H,3,6H2,1-2H3. The van der Waals surface area contributed by atoms with Gasteiger partial charge in [0.15, 0.2) is 0 Å². The Kier molecular flexibility index (Phi) is 3.29. The fourth-order valence-corrected chi connectivity index (χ4v) is 2.40. The van der Waals surface area contributed by atoms with Gasteiger partial charge < -0.3 is 5.32 Å². The van der Waals surface area contributed by atoms with Crippen LogP contribution >= 0.6 is 11.8 Å². The lowest BCUT2D eigenvalue weighted by molar-refractivity contribution is 0.615. The summed E-state index contributed by atoms with van der Waals surface area (Å²) in [5.41, 5.74) is 0. The number of nitrogens with one attached hydrogen (secondary N) is 1. The van der Waals surface area contributed by atoms with E-state index in [2.05, 4.69) is 24.4 Å². The highest BCUT2D eigenvalue weighted by Crippen LogP contribution is 2.22. The topological polar surface area (TPSA) is 12.0 Å². The van der Waals surface area contributed by atoms with E-state index in [-0.39, 0.29) is 0 Å². The second kappa shape index (κ2) is 4.04. The van der Waals surface area contributed by atoms with Crippen molar-refractivity contribution in [2.45, 2.75) is 24.6 Å². The highest BCUT2D eigenvalue weighted by Gasteiger charge is 2.17. The van der Waals surface area contributed by atoms with Gasteiger partial charge in [0.1, 0.15) is 0 Å². The Bertz CT molecular complexity index is 122. The molecule has 1 heterocycles. The zero-order valence-electron chi connectivity index (χ0n) is 6.63. The van der Waals surface area contributed by atoms with E-state index in [1.807, 2.05) is 18.8 Å². The molecule has 1 aliphatic rings. The summed E-state index contributed by atoms with van der Waals surface area (Å²) in [4.78, 5) is 0. The van der Waals surface area contributed by atoms with Crippen LogP contribution in [0.25, 0.3) is 0 Å². The molecule has 0 aromatic rings. The zero-order valence-corrected chi connectivity index (χ0v) is 7.45. The maximum atomic E-state index is 3.30. The second-order valence-electron chi connectivity index (χ2n) is 2.52. The molecule has 58 valence electrons. The molecule has 0 aromatic heterocycles. The van der Waals surface area contributed by atoms with E-state index in [1.165, 1.54) is 12.2 Å². The van der Waals surface area contributed by atoms with Gasteiger partial charge in [-0.2, -0.15) is 11.8 Å². The number of hydrogen-bond donors (Lipinski definition) is 1. The highest BCUT2D eigenvalue weighted by atomic mass is 32.2. The Labute approximate surface area is 67.3 Å². The van der Waals surface area contributed by atoms with Gasteiger partial charge in [0.05, 0.1) is 0 Å². The lowest BCUT2D eigenvalue weighted by Gasteiger charge is -2.25. The van der Waals surface area contributed by atoms with E-state index < -0.39 is 0 Å². The van der Waals surface area contributed by atoms with Crippen LogP contribution in [-0.4, -0.2) is 24.1 Å². The molecule has 2 atom stereocenters. The van der Waals surface area contributed by atoms with Gasteiger partial charge in [-0.05, 0) is 13.5 Å². The monoisotopic (exact) mass is 157 g/mol. The number of hydrogen-bond acceptors (Lipinski definition) is 2. The van der Waals surface area contributed by atoms with Crippen LogP contribution in [0, 0.1) is 0 Å². The molecular weight excluding hydrogens is 142 g/mol. The molecule has 0 aliphatic carbocycles. The van der Waals surface area contributed by atoms with E-state index in [0.717, 1.165) is 5.25 Å². The summed E-state index contributed by atoms with van der Waals surface area (Å²) in [7, 11) is 2.03. The first-order valence-corrected chi connectivity index (χ1v) is 4.89. The Morgan fingerprint density at radius 1 is 1.70 bits per heavy atom. The van der Waals surface area contributed by atoms with Crippen molar-refractivity contribution in [3.8, 4) is 0 Å². The maximum absolute atomic E-state index is 3.30. The number of rotatable bonds is 2. The molecule has 0 bridgehead atoms. The Balaban J connectivity index is 2.47. The molecule has 0 fully saturated rings. The van der Waals surface area contributed by atoms with Gasteiger partial charge >= 0.3 is 0 Å². The fourth-order valence-electron chi connectivity index (χ4n) is 1.26. The normalized spacial score (nSPS) is 32.6. The fraction of sp³-hybridized carbons (Fsp3) is 0.750. The smallest absolute Gasteiger partial charge is 0.0367 e. The summed E-state index contributed by atoms with van der Waals surface area (Å²) in [6.45, 7) is 2.25. The van der Waals surface area contributed by atoms with Gasteiger partial charge in [-0.1, -0.05) is 19.1 Å². The molecule has 1 N–H and O–H groups in total. The molecule has 0 saturated heterocycles. The van der Waals surface area contributed by atoms with Gasteiger partial charge in [-0.15, -0.1) is 0 Å². The van der Waals surface area contributed by atoms with Gasteiger partial charge in [-0.3, -0.25) is 0 Å². The Morgan fingerprint density at radius 2 is 2.50 bits per heavy atom. The Morgan fingerprint density at radius 3 is 3.00 bits per heavy atom. The first kappa shape index (κ1) is 8.15. The van der Waals surface area contributed by atoms with Gasteiger partial charge in [0, 0.05) is 17.0 Å². The van der Waals surface area contributed by atoms with Crippen molar-refractivity contribution in [1.29, 1.82) is 0 Å². The minimum absolute atomic E-state index is 0.601. The quantitative estimate of drug-likeness (QED) is 0.612. The second-order valence-corrected chi connectivity index (χ2v) is 3.79. The van der Waals surface area contributed by atoms with Crippen molar-refractivity contribution >= 4 is 11.8 Å². The summed E-state index contributed by atoms with van der Waals surface area (Å²) in [6.07, 6.45) is 5.79. The van der Waals surface area contributed by atoms with Crippen LogP contribution < -0.4 is 5.32 Å². The van der Waals surface area contributed by atoms with E-state index in [1.54, 1.807) is 0 Å². The average molecular weight is 157 g/mol. The van der Waals surface area contributed by atoms with Crippen molar-refractivity contribution in [1.82, 2.24) is 5.32 Å². The molecule has 0 aromatic carbocycles. The van der Waals surface area contributed by atoms with Crippen molar-refractivity contribution in [3.05, 3.63) is 12.2 Å². The first-order valence-electron chi connectivity index (χ1n) is 3.84. The highest BCUT2D eigenvalue weighted by molar-refractivity contribution is 8.00. The first-order chi connectivity index (χ1) is 4.88. The van der Waals surface area contributed by atoms with Crippen LogP contribution in [0.5, 0.6) is 0 Å². The average Bonchev–Trinajstić information content (AvgIpc) is 2.04. The van der Waals surface area contributed by atoms with Gasteiger partial charge in [-0.25, -0.2) is 0 Å². The minimum atomic E-state index is 0.601. The summed E-state index contributed by atoms with van der Waals surface area (Å²) in [5, 5.41) is 4.08. The van der Waals surface area contributed by atoms with Crippen molar-refractivity contribution < 1.29 is 0 Å². The molecule has 10 heavy (non-hydrogen) atoms. The summed E-state index contributed by atoms with van der Waals surface area (Å²) < 4.78 is 0. The molecule has 0 spiro atoms. The molecule has 0 amide bonds. The van der Waals surface area contributed by atoms with Crippen LogP contribution in [0.3, 0.4) is 0 Å². The third kappa shape index (κ3) is 1.77. The summed E-state index contributed by atoms with van der Waals surface area (Å²) in [5.74, 6) is 1.19. The maximum Gasteiger partial charge on any atom is 0.0367 e. The molecule has 2 unspecified atom stereocenters.